The molecule has 0 saturated heterocycles. The van der Waals surface area contributed by atoms with Crippen molar-refractivity contribution in [2.75, 3.05) is 0 Å². The van der Waals surface area contributed by atoms with Crippen LogP contribution < -0.4 is 0 Å². The Morgan fingerprint density at radius 3 is 2.35 bits per heavy atom. The van der Waals surface area contributed by atoms with Gasteiger partial charge in [-0.1, -0.05) is 17.8 Å². The van der Waals surface area contributed by atoms with Crippen LogP contribution in [0.25, 0.3) is 0 Å². The topological polar surface area (TPSA) is 60.2 Å². The quantitative estimate of drug-likeness (QED) is 0.454. The van der Waals surface area contributed by atoms with Gasteiger partial charge in [0.1, 0.15) is 0 Å². The van der Waals surface area contributed by atoms with Crippen molar-refractivity contribution in [1.29, 1.82) is 0 Å². The summed E-state index contributed by atoms with van der Waals surface area (Å²) in [7, 11) is 0. The summed E-state index contributed by atoms with van der Waals surface area (Å²) in [5, 5.41) is 10.6. The highest BCUT2D eigenvalue weighted by Crippen LogP contribution is 2.34. The van der Waals surface area contributed by atoms with Gasteiger partial charge in [0, 0.05) is 32.0 Å². The molecule has 2 rings (SSSR count). The van der Waals surface area contributed by atoms with Crippen LogP contribution in [-0.2, 0) is 0 Å². The molecule has 0 aliphatic rings. The number of Topliss-reactive ketones (excluding diaryl/α,β-unsaturated/α-hetero) is 1. The first kappa shape index (κ1) is 14.7. The Hall–Kier alpha value is -1.66. The van der Waals surface area contributed by atoms with Crippen LogP contribution in [0.15, 0.2) is 56.7 Å². The highest BCUT2D eigenvalue weighted by Gasteiger charge is 2.08. The average molecular weight is 352 g/mol. The first-order valence-corrected chi connectivity index (χ1v) is 7.31. The molecule has 102 valence electrons. The fourth-order valence-corrected chi connectivity index (χ4v) is 3.01. The molecule has 0 aromatic heterocycles. The Balaban J connectivity index is 2.21. The number of carbonyl (C=O) groups excluding carboxylic acids is 1. The molecule has 0 atom stereocenters. The van der Waals surface area contributed by atoms with Crippen molar-refractivity contribution in [2.24, 2.45) is 0 Å². The molecule has 0 unspecified atom stereocenters. The fraction of sp³-hybridized carbons (Fsp3) is 0.0714. The van der Waals surface area contributed by atoms with Crippen LogP contribution in [0, 0.1) is 10.1 Å². The number of hydrogen-bond acceptors (Lipinski definition) is 4. The standard InChI is InChI=1S/C14H10BrNO3S/c1-9(17)10-2-7-14(13(15)8-10)20-12-5-3-11(4-6-12)16(18)19/h2-8H,1H3. The Kier molecular flexibility index (Phi) is 4.57. The highest BCUT2D eigenvalue weighted by molar-refractivity contribution is 9.10. The molecule has 20 heavy (non-hydrogen) atoms. The minimum Gasteiger partial charge on any atom is -0.295 e. The maximum atomic E-state index is 11.3. The summed E-state index contributed by atoms with van der Waals surface area (Å²) >= 11 is 4.90. The zero-order valence-electron chi connectivity index (χ0n) is 10.5. The van der Waals surface area contributed by atoms with E-state index in [1.807, 2.05) is 6.07 Å². The first-order chi connectivity index (χ1) is 9.47. The number of nitro groups is 1. The maximum Gasteiger partial charge on any atom is 0.269 e. The Morgan fingerprint density at radius 1 is 1.20 bits per heavy atom. The van der Waals surface area contributed by atoms with Crippen molar-refractivity contribution in [3.05, 3.63) is 62.6 Å². The van der Waals surface area contributed by atoms with Crippen molar-refractivity contribution < 1.29 is 9.72 Å². The number of halogens is 1. The molecule has 6 heteroatoms. The summed E-state index contributed by atoms with van der Waals surface area (Å²) < 4.78 is 0.827. The van der Waals surface area contributed by atoms with Gasteiger partial charge >= 0.3 is 0 Å². The van der Waals surface area contributed by atoms with Crippen molar-refractivity contribution >= 4 is 39.2 Å². The average Bonchev–Trinajstić information content (AvgIpc) is 2.41. The Labute approximate surface area is 128 Å². The lowest BCUT2D eigenvalue weighted by Crippen LogP contribution is -1.91. The number of benzene rings is 2. The van der Waals surface area contributed by atoms with E-state index in [9.17, 15) is 14.9 Å². The molecule has 4 nitrogen and oxygen atoms in total. The molecule has 0 spiro atoms. The van der Waals surface area contributed by atoms with Gasteiger partial charge in [-0.2, -0.15) is 0 Å². The van der Waals surface area contributed by atoms with Gasteiger partial charge in [-0.3, -0.25) is 14.9 Å². The summed E-state index contributed by atoms with van der Waals surface area (Å²) in [6, 6.07) is 11.7. The molecule has 0 aliphatic carbocycles. The molecule has 0 aliphatic heterocycles. The molecule has 2 aromatic rings. The summed E-state index contributed by atoms with van der Waals surface area (Å²) in [5.74, 6) is 0.0117. The minimum atomic E-state index is -0.425. The lowest BCUT2D eigenvalue weighted by Gasteiger charge is -2.05. The van der Waals surface area contributed by atoms with Crippen LogP contribution in [0.4, 0.5) is 5.69 Å². The molecular formula is C14H10BrNO3S. The minimum absolute atomic E-state index is 0.0117. The lowest BCUT2D eigenvalue weighted by molar-refractivity contribution is -0.384. The Morgan fingerprint density at radius 2 is 1.85 bits per heavy atom. The third-order valence-corrected chi connectivity index (χ3v) is 4.62. The number of ketones is 1. The van der Waals surface area contributed by atoms with Crippen LogP contribution in [-0.4, -0.2) is 10.7 Å². The molecule has 0 radical (unpaired) electrons. The normalized spacial score (nSPS) is 10.3. The van der Waals surface area contributed by atoms with Crippen LogP contribution in [0.5, 0.6) is 0 Å². The largest absolute Gasteiger partial charge is 0.295 e. The SMILES string of the molecule is CC(=O)c1ccc(Sc2ccc([N+](=O)[O-])cc2)c(Br)c1. The molecule has 2 aromatic carbocycles. The van der Waals surface area contributed by atoms with Gasteiger partial charge in [-0.25, -0.2) is 0 Å². The first-order valence-electron chi connectivity index (χ1n) is 5.70. The lowest BCUT2D eigenvalue weighted by atomic mass is 10.2. The van der Waals surface area contributed by atoms with Gasteiger partial charge in [-0.15, -0.1) is 0 Å². The molecule has 0 N–H and O–H groups in total. The smallest absolute Gasteiger partial charge is 0.269 e. The molecule has 0 heterocycles. The van der Waals surface area contributed by atoms with Crippen molar-refractivity contribution in [2.45, 2.75) is 16.7 Å². The van der Waals surface area contributed by atoms with Crippen LogP contribution in [0.2, 0.25) is 0 Å². The number of nitrogens with zero attached hydrogens (tertiary/aromatic N) is 1. The highest BCUT2D eigenvalue weighted by atomic mass is 79.9. The Bertz CT molecular complexity index is 671. The van der Waals surface area contributed by atoms with Gasteiger partial charge in [0.05, 0.1) is 4.92 Å². The van der Waals surface area contributed by atoms with Crippen molar-refractivity contribution in [3.63, 3.8) is 0 Å². The third kappa shape index (κ3) is 3.46. The van der Waals surface area contributed by atoms with Gasteiger partial charge < -0.3 is 0 Å². The molecular weight excluding hydrogens is 342 g/mol. The van der Waals surface area contributed by atoms with Gasteiger partial charge in [0.15, 0.2) is 5.78 Å². The predicted octanol–water partition coefficient (Wildman–Crippen LogP) is 4.71. The number of non-ortho nitro benzene ring substituents is 1. The van der Waals surface area contributed by atoms with Gasteiger partial charge in [0.2, 0.25) is 0 Å². The van der Waals surface area contributed by atoms with E-state index in [-0.39, 0.29) is 11.5 Å². The monoisotopic (exact) mass is 351 g/mol. The summed E-state index contributed by atoms with van der Waals surface area (Å²) in [5.41, 5.74) is 0.713. The maximum absolute atomic E-state index is 11.3. The number of hydrogen-bond donors (Lipinski definition) is 0. The molecule has 0 saturated carbocycles. The van der Waals surface area contributed by atoms with E-state index in [2.05, 4.69) is 15.9 Å². The zero-order valence-corrected chi connectivity index (χ0v) is 12.9. The fourth-order valence-electron chi connectivity index (χ4n) is 1.57. The van der Waals surface area contributed by atoms with Crippen LogP contribution in [0.1, 0.15) is 17.3 Å². The van der Waals surface area contributed by atoms with Crippen LogP contribution in [0.3, 0.4) is 0 Å². The molecule has 0 bridgehead atoms. The second-order valence-corrected chi connectivity index (χ2v) is 6.02. The zero-order chi connectivity index (χ0) is 14.7. The summed E-state index contributed by atoms with van der Waals surface area (Å²) in [6.07, 6.45) is 0. The van der Waals surface area contributed by atoms with E-state index in [1.54, 1.807) is 24.3 Å². The van der Waals surface area contributed by atoms with E-state index < -0.39 is 4.92 Å². The van der Waals surface area contributed by atoms with Crippen molar-refractivity contribution in [3.8, 4) is 0 Å². The second kappa shape index (κ2) is 6.19. The molecule has 0 fully saturated rings. The van der Waals surface area contributed by atoms with E-state index in [0.29, 0.717) is 5.56 Å². The second-order valence-electron chi connectivity index (χ2n) is 4.05. The van der Waals surface area contributed by atoms with Crippen LogP contribution >= 0.6 is 27.7 Å². The summed E-state index contributed by atoms with van der Waals surface area (Å²) in [6.45, 7) is 1.52. The summed E-state index contributed by atoms with van der Waals surface area (Å²) in [4.78, 5) is 23.3. The third-order valence-electron chi connectivity index (χ3n) is 2.61. The van der Waals surface area contributed by atoms with E-state index in [0.717, 1.165) is 14.3 Å². The molecule has 0 amide bonds. The van der Waals surface area contributed by atoms with E-state index in [1.165, 1.54) is 30.8 Å². The number of carbonyl (C=O) groups is 1. The predicted molar refractivity (Wildman–Crippen MR) is 81.4 cm³/mol. The van der Waals surface area contributed by atoms with E-state index in [4.69, 9.17) is 0 Å². The number of nitro benzene ring substituents is 1. The van der Waals surface area contributed by atoms with Gasteiger partial charge in [-0.05, 0) is 47.1 Å². The number of rotatable bonds is 4. The van der Waals surface area contributed by atoms with Crippen molar-refractivity contribution in [1.82, 2.24) is 0 Å². The van der Waals surface area contributed by atoms with Gasteiger partial charge in [0.25, 0.3) is 5.69 Å². The van der Waals surface area contributed by atoms with E-state index >= 15 is 0 Å².